The standard InChI is InChI=1S/C16H33N3/c1-14-6-4-9-16(13-17,10-8-14)19-11-5-7-15(19)12-18(2)3/h14-15H,4-13,17H2,1-3H3. The van der Waals surface area contributed by atoms with Gasteiger partial charge in [0.25, 0.3) is 0 Å². The van der Waals surface area contributed by atoms with Crippen LogP contribution in [-0.4, -0.2) is 55.1 Å². The maximum atomic E-state index is 6.27. The van der Waals surface area contributed by atoms with E-state index in [1.165, 1.54) is 58.0 Å². The van der Waals surface area contributed by atoms with E-state index >= 15 is 0 Å². The third kappa shape index (κ3) is 3.50. The lowest BCUT2D eigenvalue weighted by Gasteiger charge is -2.45. The summed E-state index contributed by atoms with van der Waals surface area (Å²) >= 11 is 0. The van der Waals surface area contributed by atoms with Crippen LogP contribution in [0.3, 0.4) is 0 Å². The Morgan fingerprint density at radius 1 is 1.16 bits per heavy atom. The summed E-state index contributed by atoms with van der Waals surface area (Å²) in [5, 5.41) is 0. The second-order valence-electron chi connectivity index (χ2n) is 7.22. The van der Waals surface area contributed by atoms with Gasteiger partial charge in [0.1, 0.15) is 0 Å². The number of hydrogen-bond donors (Lipinski definition) is 1. The van der Waals surface area contributed by atoms with Gasteiger partial charge in [0.2, 0.25) is 0 Å². The fourth-order valence-electron chi connectivity index (χ4n) is 4.24. The SMILES string of the molecule is CC1CCCC(CN)(N2CCCC2CN(C)C)CC1. The van der Waals surface area contributed by atoms with E-state index in [1.807, 2.05) is 0 Å². The summed E-state index contributed by atoms with van der Waals surface area (Å²) in [6.45, 7) is 5.72. The first-order valence-electron chi connectivity index (χ1n) is 8.19. The topological polar surface area (TPSA) is 32.5 Å². The van der Waals surface area contributed by atoms with Gasteiger partial charge in [0.15, 0.2) is 0 Å². The van der Waals surface area contributed by atoms with Crippen molar-refractivity contribution >= 4 is 0 Å². The van der Waals surface area contributed by atoms with Crippen molar-refractivity contribution in [2.75, 3.05) is 33.7 Å². The summed E-state index contributed by atoms with van der Waals surface area (Å²) in [5.41, 5.74) is 6.58. The Morgan fingerprint density at radius 2 is 1.95 bits per heavy atom. The van der Waals surface area contributed by atoms with Crippen molar-refractivity contribution in [3.05, 3.63) is 0 Å². The molecular formula is C16H33N3. The second kappa shape index (κ2) is 6.55. The largest absolute Gasteiger partial charge is 0.329 e. The summed E-state index contributed by atoms with van der Waals surface area (Å²) < 4.78 is 0. The summed E-state index contributed by atoms with van der Waals surface area (Å²) in [6.07, 6.45) is 9.47. The zero-order valence-electron chi connectivity index (χ0n) is 13.2. The van der Waals surface area contributed by atoms with Gasteiger partial charge in [0, 0.05) is 24.7 Å². The van der Waals surface area contributed by atoms with Crippen LogP contribution in [0.4, 0.5) is 0 Å². The Kier molecular flexibility index (Phi) is 5.27. The minimum atomic E-state index is 0.307. The first kappa shape index (κ1) is 15.3. The zero-order valence-corrected chi connectivity index (χ0v) is 13.2. The molecular weight excluding hydrogens is 234 g/mol. The van der Waals surface area contributed by atoms with E-state index in [2.05, 4.69) is 30.8 Å². The van der Waals surface area contributed by atoms with Crippen LogP contribution in [0.1, 0.15) is 51.9 Å². The van der Waals surface area contributed by atoms with Crippen molar-refractivity contribution < 1.29 is 0 Å². The van der Waals surface area contributed by atoms with Crippen LogP contribution < -0.4 is 5.73 Å². The van der Waals surface area contributed by atoms with Gasteiger partial charge in [-0.15, -0.1) is 0 Å². The van der Waals surface area contributed by atoms with Gasteiger partial charge in [0.05, 0.1) is 0 Å². The lowest BCUT2D eigenvalue weighted by atomic mass is 9.87. The van der Waals surface area contributed by atoms with Crippen molar-refractivity contribution in [1.82, 2.24) is 9.80 Å². The van der Waals surface area contributed by atoms with E-state index < -0.39 is 0 Å². The summed E-state index contributed by atoms with van der Waals surface area (Å²) in [6, 6.07) is 0.729. The molecule has 3 nitrogen and oxygen atoms in total. The van der Waals surface area contributed by atoms with E-state index in [4.69, 9.17) is 5.73 Å². The predicted molar refractivity (Wildman–Crippen MR) is 82.3 cm³/mol. The maximum Gasteiger partial charge on any atom is 0.0335 e. The molecule has 0 amide bonds. The van der Waals surface area contributed by atoms with E-state index in [1.54, 1.807) is 0 Å². The quantitative estimate of drug-likeness (QED) is 0.793. The van der Waals surface area contributed by atoms with Gasteiger partial charge in [-0.25, -0.2) is 0 Å². The molecule has 2 fully saturated rings. The highest BCUT2D eigenvalue weighted by Crippen LogP contribution is 2.38. The van der Waals surface area contributed by atoms with Crippen LogP contribution in [0.15, 0.2) is 0 Å². The minimum Gasteiger partial charge on any atom is -0.329 e. The average Bonchev–Trinajstić information content (AvgIpc) is 2.73. The van der Waals surface area contributed by atoms with Crippen molar-refractivity contribution in [3.8, 4) is 0 Å². The van der Waals surface area contributed by atoms with Crippen molar-refractivity contribution in [1.29, 1.82) is 0 Å². The van der Waals surface area contributed by atoms with Crippen molar-refractivity contribution in [2.24, 2.45) is 11.7 Å². The van der Waals surface area contributed by atoms with Crippen LogP contribution in [-0.2, 0) is 0 Å². The molecule has 1 saturated carbocycles. The first-order valence-corrected chi connectivity index (χ1v) is 8.19. The Morgan fingerprint density at radius 3 is 2.63 bits per heavy atom. The van der Waals surface area contributed by atoms with E-state index in [0.717, 1.165) is 18.5 Å². The molecule has 1 aliphatic carbocycles. The minimum absolute atomic E-state index is 0.307. The maximum absolute atomic E-state index is 6.27. The number of nitrogens with zero attached hydrogens (tertiary/aromatic N) is 2. The molecule has 3 atom stereocenters. The smallest absolute Gasteiger partial charge is 0.0335 e. The van der Waals surface area contributed by atoms with Gasteiger partial charge in [-0.3, -0.25) is 4.90 Å². The number of likely N-dealkylation sites (N-methyl/N-ethyl adjacent to an activating group) is 1. The highest BCUT2D eigenvalue weighted by molar-refractivity contribution is 4.99. The summed E-state index contributed by atoms with van der Waals surface area (Å²) in [7, 11) is 4.39. The fraction of sp³-hybridized carbons (Fsp3) is 1.00. The molecule has 2 aliphatic rings. The monoisotopic (exact) mass is 267 g/mol. The van der Waals surface area contributed by atoms with Crippen LogP contribution in [0.25, 0.3) is 0 Å². The van der Waals surface area contributed by atoms with Crippen molar-refractivity contribution in [2.45, 2.75) is 63.5 Å². The molecule has 1 aliphatic heterocycles. The lowest BCUT2D eigenvalue weighted by Crippen LogP contribution is -2.57. The molecule has 1 saturated heterocycles. The van der Waals surface area contributed by atoms with Gasteiger partial charge in [-0.2, -0.15) is 0 Å². The van der Waals surface area contributed by atoms with Crippen LogP contribution in [0, 0.1) is 5.92 Å². The van der Waals surface area contributed by atoms with Gasteiger partial charge >= 0.3 is 0 Å². The Bertz CT molecular complexity index is 279. The van der Waals surface area contributed by atoms with E-state index in [0.29, 0.717) is 5.54 Å². The molecule has 0 radical (unpaired) electrons. The lowest BCUT2D eigenvalue weighted by molar-refractivity contribution is 0.0537. The van der Waals surface area contributed by atoms with Crippen LogP contribution >= 0.6 is 0 Å². The Labute approximate surface area is 119 Å². The summed E-state index contributed by atoms with van der Waals surface area (Å²) in [4.78, 5) is 5.14. The molecule has 0 aromatic rings. The van der Waals surface area contributed by atoms with Crippen molar-refractivity contribution in [3.63, 3.8) is 0 Å². The van der Waals surface area contributed by atoms with E-state index in [-0.39, 0.29) is 0 Å². The third-order valence-electron chi connectivity index (χ3n) is 5.38. The van der Waals surface area contributed by atoms with Gasteiger partial charge < -0.3 is 10.6 Å². The third-order valence-corrected chi connectivity index (χ3v) is 5.38. The Hall–Kier alpha value is -0.120. The van der Waals surface area contributed by atoms with E-state index in [9.17, 15) is 0 Å². The number of rotatable bonds is 4. The number of nitrogens with two attached hydrogens (primary N) is 1. The molecule has 0 spiro atoms. The average molecular weight is 267 g/mol. The fourth-order valence-corrected chi connectivity index (χ4v) is 4.24. The molecule has 1 heterocycles. The highest BCUT2D eigenvalue weighted by Gasteiger charge is 2.42. The molecule has 3 heteroatoms. The van der Waals surface area contributed by atoms with Gasteiger partial charge in [-0.05, 0) is 58.7 Å². The molecule has 0 aromatic heterocycles. The molecule has 2 rings (SSSR count). The van der Waals surface area contributed by atoms with Crippen LogP contribution in [0.2, 0.25) is 0 Å². The highest BCUT2D eigenvalue weighted by atomic mass is 15.3. The summed E-state index contributed by atoms with van der Waals surface area (Å²) in [5.74, 6) is 0.892. The predicted octanol–water partition coefficient (Wildman–Crippen LogP) is 2.31. The zero-order chi connectivity index (χ0) is 13.9. The molecule has 19 heavy (non-hydrogen) atoms. The normalized spacial score (nSPS) is 37.7. The molecule has 0 aromatic carbocycles. The first-order chi connectivity index (χ1) is 9.07. The Balaban J connectivity index is 2.10. The molecule has 2 N–H and O–H groups in total. The second-order valence-corrected chi connectivity index (χ2v) is 7.22. The van der Waals surface area contributed by atoms with Gasteiger partial charge in [-0.1, -0.05) is 19.8 Å². The number of hydrogen-bond acceptors (Lipinski definition) is 3. The molecule has 3 unspecified atom stereocenters. The molecule has 0 bridgehead atoms. The van der Waals surface area contributed by atoms with Crippen LogP contribution in [0.5, 0.6) is 0 Å². The number of likely N-dealkylation sites (tertiary alicyclic amines) is 1. The molecule has 112 valence electrons.